The smallest absolute Gasteiger partial charge is 0.279 e. The third-order valence-corrected chi connectivity index (χ3v) is 3.86. The first-order chi connectivity index (χ1) is 7.54. The summed E-state index contributed by atoms with van der Waals surface area (Å²) in [4.78, 5) is 11.8. The van der Waals surface area contributed by atoms with Gasteiger partial charge in [0.25, 0.3) is 0 Å². The van der Waals surface area contributed by atoms with Crippen LogP contribution in [0.2, 0.25) is 0 Å². The fourth-order valence-corrected chi connectivity index (χ4v) is 3.35. The largest absolute Gasteiger partial charge is 0.503 e. The fourth-order valence-electron chi connectivity index (χ4n) is 1.92. The van der Waals surface area contributed by atoms with Gasteiger partial charge in [-0.3, -0.25) is 9.05 Å². The minimum absolute atomic E-state index is 0.677. The van der Waals surface area contributed by atoms with Gasteiger partial charge in [0, 0.05) is 0 Å². The lowest BCUT2D eigenvalue weighted by molar-refractivity contribution is -0.0125. The van der Waals surface area contributed by atoms with Crippen LogP contribution in [0.3, 0.4) is 0 Å². The molecule has 4 nitrogen and oxygen atoms in total. The highest BCUT2D eigenvalue weighted by Gasteiger charge is 2.38. The lowest BCUT2D eigenvalue weighted by Gasteiger charge is -2.31. The molecular formula is C12H26O4P. The molecule has 0 spiro atoms. The molecule has 0 rings (SSSR count). The summed E-state index contributed by atoms with van der Waals surface area (Å²) in [6.45, 7) is 11.0. The van der Waals surface area contributed by atoms with Crippen molar-refractivity contribution in [2.24, 2.45) is 0 Å². The summed E-state index contributed by atoms with van der Waals surface area (Å²) in [6, 6.07) is 0. The van der Waals surface area contributed by atoms with E-state index in [0.29, 0.717) is 12.8 Å². The van der Waals surface area contributed by atoms with E-state index in [1.165, 1.54) is 0 Å². The summed E-state index contributed by atoms with van der Waals surface area (Å²) < 4.78 is 22.0. The van der Waals surface area contributed by atoms with Gasteiger partial charge in [-0.15, -0.1) is 4.89 Å². The molecule has 103 valence electrons. The predicted molar refractivity (Wildman–Crippen MR) is 68.4 cm³/mol. The van der Waals surface area contributed by atoms with Crippen molar-refractivity contribution in [3.8, 4) is 0 Å². The lowest BCUT2D eigenvalue weighted by Crippen LogP contribution is -2.27. The van der Waals surface area contributed by atoms with Crippen LogP contribution in [-0.4, -0.2) is 11.2 Å². The summed E-state index contributed by atoms with van der Waals surface area (Å²) >= 11 is 0. The van der Waals surface area contributed by atoms with Crippen LogP contribution < -0.4 is 0 Å². The molecule has 0 aromatic rings. The Labute approximate surface area is 105 Å². The van der Waals surface area contributed by atoms with Crippen molar-refractivity contribution in [3.63, 3.8) is 0 Å². The van der Waals surface area contributed by atoms with Crippen LogP contribution in [0.15, 0.2) is 0 Å². The summed E-state index contributed by atoms with van der Waals surface area (Å²) in [5.41, 5.74) is -1.40. The van der Waals surface area contributed by atoms with Crippen molar-refractivity contribution >= 4 is 7.82 Å². The molecule has 0 aliphatic heterocycles. The molecule has 0 aliphatic rings. The molecule has 17 heavy (non-hydrogen) atoms. The van der Waals surface area contributed by atoms with Gasteiger partial charge < -0.3 is 0 Å². The zero-order valence-electron chi connectivity index (χ0n) is 11.9. The zero-order valence-corrected chi connectivity index (χ0v) is 12.8. The summed E-state index contributed by atoms with van der Waals surface area (Å²) in [5.74, 6) is 0. The molecule has 5 heteroatoms. The van der Waals surface area contributed by atoms with E-state index in [-0.39, 0.29) is 0 Å². The quantitative estimate of drug-likeness (QED) is 0.597. The molecule has 0 fully saturated rings. The van der Waals surface area contributed by atoms with Gasteiger partial charge in [0.05, 0.1) is 11.2 Å². The third-order valence-electron chi connectivity index (χ3n) is 2.42. The maximum Gasteiger partial charge on any atom is 0.503 e. The number of hydrogen-bond donors (Lipinski definition) is 0. The number of hydrogen-bond acceptors (Lipinski definition) is 3. The maximum absolute atomic E-state index is 11.8. The zero-order chi connectivity index (χ0) is 13.7. The Kier molecular flexibility index (Phi) is 6.37. The first kappa shape index (κ1) is 17.1. The first-order valence-electron chi connectivity index (χ1n) is 6.26. The van der Waals surface area contributed by atoms with Gasteiger partial charge in [-0.05, 0) is 40.5 Å². The molecule has 0 unspecified atom stereocenters. The SMILES string of the molecule is CCCC(C)(C)OP([O])(=O)OC(C)(C)CCC. The summed E-state index contributed by atoms with van der Waals surface area (Å²) in [5, 5.41) is 0. The van der Waals surface area contributed by atoms with Gasteiger partial charge in [-0.2, -0.15) is 0 Å². The first-order valence-corrected chi connectivity index (χ1v) is 7.72. The Hall–Kier alpha value is 0.110. The van der Waals surface area contributed by atoms with E-state index >= 15 is 0 Å². The van der Waals surface area contributed by atoms with E-state index in [0.717, 1.165) is 12.8 Å². The van der Waals surface area contributed by atoms with E-state index in [1.54, 1.807) is 27.7 Å². The monoisotopic (exact) mass is 265 g/mol. The summed E-state index contributed by atoms with van der Waals surface area (Å²) in [7, 11) is -4.24. The van der Waals surface area contributed by atoms with Gasteiger partial charge in [0.15, 0.2) is 0 Å². The van der Waals surface area contributed by atoms with Crippen LogP contribution >= 0.6 is 7.82 Å². The van der Waals surface area contributed by atoms with E-state index < -0.39 is 19.0 Å². The van der Waals surface area contributed by atoms with Crippen LogP contribution in [0, 0.1) is 0 Å². The molecule has 0 saturated heterocycles. The molecule has 0 bridgehead atoms. The van der Waals surface area contributed by atoms with E-state index in [9.17, 15) is 9.46 Å². The third kappa shape index (κ3) is 7.93. The van der Waals surface area contributed by atoms with Gasteiger partial charge in [-0.1, -0.05) is 26.7 Å². The molecule has 0 heterocycles. The lowest BCUT2D eigenvalue weighted by atomic mass is 10.0. The van der Waals surface area contributed by atoms with Gasteiger partial charge >= 0.3 is 7.82 Å². The highest BCUT2D eigenvalue weighted by molar-refractivity contribution is 7.47. The highest BCUT2D eigenvalue weighted by Crippen LogP contribution is 2.52. The second kappa shape index (κ2) is 6.33. The Morgan fingerprint density at radius 3 is 1.41 bits per heavy atom. The van der Waals surface area contributed by atoms with Crippen molar-refractivity contribution in [3.05, 3.63) is 0 Å². The molecule has 0 aromatic carbocycles. The van der Waals surface area contributed by atoms with E-state index in [1.807, 2.05) is 13.8 Å². The van der Waals surface area contributed by atoms with Gasteiger partial charge in [-0.25, -0.2) is 4.57 Å². The Morgan fingerprint density at radius 2 is 1.18 bits per heavy atom. The molecule has 1 radical (unpaired) electrons. The molecule has 0 N–H and O–H groups in total. The normalized spacial score (nSPS) is 14.1. The second-order valence-electron chi connectivity index (χ2n) is 5.65. The minimum atomic E-state index is -4.24. The predicted octanol–water partition coefficient (Wildman–Crippen LogP) is 4.72. The van der Waals surface area contributed by atoms with Crippen molar-refractivity contribution in [1.29, 1.82) is 0 Å². The van der Waals surface area contributed by atoms with Gasteiger partial charge in [0.1, 0.15) is 0 Å². The van der Waals surface area contributed by atoms with Crippen molar-refractivity contribution in [1.82, 2.24) is 0 Å². The van der Waals surface area contributed by atoms with Crippen LogP contribution in [0.4, 0.5) is 0 Å². The van der Waals surface area contributed by atoms with Gasteiger partial charge in [0.2, 0.25) is 0 Å². The topological polar surface area (TPSA) is 55.4 Å². The molecule has 0 aliphatic carbocycles. The maximum atomic E-state index is 11.8. The van der Waals surface area contributed by atoms with Crippen molar-refractivity contribution in [2.75, 3.05) is 0 Å². The van der Waals surface area contributed by atoms with E-state index in [2.05, 4.69) is 0 Å². The van der Waals surface area contributed by atoms with Crippen molar-refractivity contribution < 1.29 is 18.5 Å². The highest BCUT2D eigenvalue weighted by atomic mass is 31.2. The molecule has 0 atom stereocenters. The molecular weight excluding hydrogens is 239 g/mol. The Bertz CT molecular complexity index is 250. The Morgan fingerprint density at radius 1 is 0.882 bits per heavy atom. The minimum Gasteiger partial charge on any atom is -0.279 e. The standard InChI is InChI=1S/C12H26O4P/c1-7-9-11(3,4)15-17(13,14)16-12(5,6)10-8-2/h7-10H2,1-6H3. The average molecular weight is 265 g/mol. The van der Waals surface area contributed by atoms with Crippen LogP contribution in [0.1, 0.15) is 67.2 Å². The number of rotatable bonds is 8. The second-order valence-corrected chi connectivity index (χ2v) is 6.91. The molecule has 0 amide bonds. The fraction of sp³-hybridized carbons (Fsp3) is 1.00. The van der Waals surface area contributed by atoms with Crippen LogP contribution in [0.25, 0.3) is 0 Å². The van der Waals surface area contributed by atoms with Crippen LogP contribution in [-0.2, 0) is 18.5 Å². The average Bonchev–Trinajstić information content (AvgIpc) is 1.96. The Balaban J connectivity index is 4.53. The van der Waals surface area contributed by atoms with Crippen LogP contribution in [0.5, 0.6) is 0 Å². The molecule has 0 aromatic heterocycles. The molecule has 0 saturated carbocycles. The van der Waals surface area contributed by atoms with Crippen molar-refractivity contribution in [2.45, 2.75) is 78.4 Å². The van der Waals surface area contributed by atoms with E-state index in [4.69, 9.17) is 9.05 Å². The summed E-state index contributed by atoms with van der Waals surface area (Å²) in [6.07, 6.45) is 3.09.